The third-order valence-corrected chi connectivity index (χ3v) is 7.10. The average molecular weight is 442 g/mol. The molecule has 0 atom stereocenters. The van der Waals surface area contributed by atoms with Crippen LogP contribution >= 0.6 is 23.2 Å². The molecule has 1 saturated heterocycles. The molecule has 150 valence electrons. The van der Waals surface area contributed by atoms with Crippen molar-refractivity contribution in [1.29, 1.82) is 0 Å². The number of rotatable bonds is 5. The highest BCUT2D eigenvalue weighted by molar-refractivity contribution is 7.86. The fourth-order valence-electron chi connectivity index (χ4n) is 3.03. The topological polar surface area (TPSA) is 69.7 Å². The lowest BCUT2D eigenvalue weighted by Crippen LogP contribution is -2.51. The molecule has 6 nitrogen and oxygen atoms in total. The molecule has 0 bridgehead atoms. The number of anilines is 1. The van der Waals surface area contributed by atoms with Crippen LogP contribution in [0.15, 0.2) is 42.5 Å². The van der Waals surface area contributed by atoms with Crippen molar-refractivity contribution in [3.05, 3.63) is 63.6 Å². The Morgan fingerprint density at radius 1 is 1.11 bits per heavy atom. The minimum absolute atomic E-state index is 0.174. The van der Waals surface area contributed by atoms with Crippen LogP contribution in [0.1, 0.15) is 17.5 Å². The van der Waals surface area contributed by atoms with Crippen LogP contribution in [0.3, 0.4) is 0 Å². The SMILES string of the molecule is Cc1ccc(Cl)cc1NC(=O)CN1CCCN(Cc2ccccc2Cl)S1(=O)=O. The fourth-order valence-corrected chi connectivity index (χ4v) is 5.03. The van der Waals surface area contributed by atoms with E-state index in [1.54, 1.807) is 36.4 Å². The number of hydrogen-bond donors (Lipinski definition) is 1. The quantitative estimate of drug-likeness (QED) is 0.768. The first-order valence-corrected chi connectivity index (χ1v) is 11.0. The Labute approximate surface area is 175 Å². The second-order valence-electron chi connectivity index (χ2n) is 6.63. The van der Waals surface area contributed by atoms with E-state index in [1.165, 1.54) is 8.61 Å². The van der Waals surface area contributed by atoms with E-state index in [9.17, 15) is 13.2 Å². The van der Waals surface area contributed by atoms with Crippen LogP contribution in [0.25, 0.3) is 0 Å². The normalized spacial score (nSPS) is 17.4. The van der Waals surface area contributed by atoms with Crippen LogP contribution in [0.2, 0.25) is 10.0 Å². The lowest BCUT2D eigenvalue weighted by atomic mass is 10.2. The highest BCUT2D eigenvalue weighted by Crippen LogP contribution is 2.24. The van der Waals surface area contributed by atoms with Gasteiger partial charge in [0.25, 0.3) is 10.2 Å². The summed E-state index contributed by atoms with van der Waals surface area (Å²) in [7, 11) is -3.76. The van der Waals surface area contributed by atoms with Gasteiger partial charge in [-0.15, -0.1) is 0 Å². The molecule has 0 aromatic heterocycles. The van der Waals surface area contributed by atoms with Gasteiger partial charge in [0.2, 0.25) is 5.91 Å². The van der Waals surface area contributed by atoms with Gasteiger partial charge in [0.05, 0.1) is 6.54 Å². The van der Waals surface area contributed by atoms with Gasteiger partial charge in [0, 0.05) is 35.4 Å². The Hall–Kier alpha value is -1.64. The smallest absolute Gasteiger partial charge is 0.282 e. The summed E-state index contributed by atoms with van der Waals surface area (Å²) < 4.78 is 28.4. The first kappa shape index (κ1) is 21.1. The molecule has 1 fully saturated rings. The van der Waals surface area contributed by atoms with E-state index in [2.05, 4.69) is 5.32 Å². The molecule has 3 rings (SSSR count). The highest BCUT2D eigenvalue weighted by Gasteiger charge is 2.35. The molecule has 1 amide bonds. The molecule has 2 aromatic rings. The fraction of sp³-hybridized carbons (Fsp3) is 0.316. The van der Waals surface area contributed by atoms with Gasteiger partial charge < -0.3 is 5.32 Å². The maximum atomic E-state index is 12.9. The zero-order chi connectivity index (χ0) is 20.3. The predicted octanol–water partition coefficient (Wildman–Crippen LogP) is 3.69. The Morgan fingerprint density at radius 3 is 2.57 bits per heavy atom. The van der Waals surface area contributed by atoms with Gasteiger partial charge in [-0.1, -0.05) is 47.5 Å². The van der Waals surface area contributed by atoms with Crippen LogP contribution in [0, 0.1) is 6.92 Å². The molecule has 0 unspecified atom stereocenters. The monoisotopic (exact) mass is 441 g/mol. The number of carbonyl (C=O) groups is 1. The molecule has 0 saturated carbocycles. The van der Waals surface area contributed by atoms with Crippen LogP contribution in [-0.2, 0) is 21.5 Å². The Bertz CT molecular complexity index is 982. The van der Waals surface area contributed by atoms with Crippen molar-refractivity contribution in [3.8, 4) is 0 Å². The number of amides is 1. The van der Waals surface area contributed by atoms with Gasteiger partial charge in [0.1, 0.15) is 0 Å². The second kappa shape index (κ2) is 8.80. The summed E-state index contributed by atoms with van der Waals surface area (Å²) in [6, 6.07) is 12.3. The van der Waals surface area contributed by atoms with Crippen LogP contribution in [0.4, 0.5) is 5.69 Å². The molecular formula is C19H21Cl2N3O3S. The van der Waals surface area contributed by atoms with E-state index >= 15 is 0 Å². The molecule has 9 heteroatoms. The van der Waals surface area contributed by atoms with Crippen molar-refractivity contribution in [1.82, 2.24) is 8.61 Å². The summed E-state index contributed by atoms with van der Waals surface area (Å²) in [5.74, 6) is -0.409. The number of aryl methyl sites for hydroxylation is 1. The summed E-state index contributed by atoms with van der Waals surface area (Å²) in [6.45, 7) is 2.44. The minimum Gasteiger partial charge on any atom is -0.325 e. The van der Waals surface area contributed by atoms with Gasteiger partial charge in [-0.3, -0.25) is 4.79 Å². The molecule has 1 aliphatic heterocycles. The van der Waals surface area contributed by atoms with E-state index in [1.807, 2.05) is 13.0 Å². The Balaban J connectivity index is 1.70. The Kier molecular flexibility index (Phi) is 6.62. The van der Waals surface area contributed by atoms with Crippen LogP contribution in [0.5, 0.6) is 0 Å². The maximum absolute atomic E-state index is 12.9. The predicted molar refractivity (Wildman–Crippen MR) is 112 cm³/mol. The van der Waals surface area contributed by atoms with E-state index in [0.29, 0.717) is 35.2 Å². The van der Waals surface area contributed by atoms with Crippen molar-refractivity contribution in [3.63, 3.8) is 0 Å². The zero-order valence-corrected chi connectivity index (χ0v) is 17.7. The standard InChI is InChI=1S/C19H21Cl2N3O3S/c1-14-7-8-16(20)11-18(14)22-19(25)13-24-10-4-9-23(28(24,26)27)12-15-5-2-3-6-17(15)21/h2-3,5-8,11H,4,9-10,12-13H2,1H3,(H,22,25). The summed E-state index contributed by atoms with van der Waals surface area (Å²) in [6.07, 6.45) is 0.632. The van der Waals surface area contributed by atoms with E-state index in [4.69, 9.17) is 23.2 Å². The van der Waals surface area contributed by atoms with Gasteiger partial charge in [-0.05, 0) is 42.7 Å². The number of nitrogens with one attached hydrogen (secondary N) is 1. The number of carbonyl (C=O) groups excluding carboxylic acids is 1. The maximum Gasteiger partial charge on any atom is 0.282 e. The number of halogens is 2. The molecule has 1 aliphatic rings. The van der Waals surface area contributed by atoms with Crippen molar-refractivity contribution in [2.45, 2.75) is 19.9 Å². The average Bonchev–Trinajstić information content (AvgIpc) is 2.63. The van der Waals surface area contributed by atoms with Crippen LogP contribution < -0.4 is 5.32 Å². The molecule has 0 spiro atoms. The van der Waals surface area contributed by atoms with E-state index in [0.717, 1.165) is 11.1 Å². The van der Waals surface area contributed by atoms with Crippen molar-refractivity contribution in [2.24, 2.45) is 0 Å². The summed E-state index contributed by atoms with van der Waals surface area (Å²) in [5, 5.41) is 3.76. The van der Waals surface area contributed by atoms with Gasteiger partial charge in [0.15, 0.2) is 0 Å². The van der Waals surface area contributed by atoms with Crippen molar-refractivity contribution < 1.29 is 13.2 Å². The Morgan fingerprint density at radius 2 is 1.82 bits per heavy atom. The van der Waals surface area contributed by atoms with E-state index in [-0.39, 0.29) is 13.1 Å². The summed E-state index contributed by atoms with van der Waals surface area (Å²) in [5.41, 5.74) is 2.15. The number of benzene rings is 2. The first-order chi connectivity index (χ1) is 13.3. The number of hydrogen-bond acceptors (Lipinski definition) is 3. The van der Waals surface area contributed by atoms with Gasteiger partial charge in [-0.2, -0.15) is 17.0 Å². The lowest BCUT2D eigenvalue weighted by Gasteiger charge is -2.34. The molecule has 0 aliphatic carbocycles. The molecule has 1 N–H and O–H groups in total. The molecule has 2 aromatic carbocycles. The highest BCUT2D eigenvalue weighted by atomic mass is 35.5. The molecule has 28 heavy (non-hydrogen) atoms. The lowest BCUT2D eigenvalue weighted by molar-refractivity contribution is -0.116. The molecule has 1 heterocycles. The van der Waals surface area contributed by atoms with Gasteiger partial charge >= 0.3 is 0 Å². The molecule has 0 radical (unpaired) electrons. The zero-order valence-electron chi connectivity index (χ0n) is 15.4. The molecular weight excluding hydrogens is 421 g/mol. The van der Waals surface area contributed by atoms with Crippen molar-refractivity contribution >= 4 is 45.0 Å². The van der Waals surface area contributed by atoms with Crippen LogP contribution in [-0.4, -0.2) is 42.6 Å². The van der Waals surface area contributed by atoms with E-state index < -0.39 is 16.1 Å². The summed E-state index contributed by atoms with van der Waals surface area (Å²) in [4.78, 5) is 12.5. The third kappa shape index (κ3) is 4.85. The second-order valence-corrected chi connectivity index (χ2v) is 9.40. The first-order valence-electron chi connectivity index (χ1n) is 8.82. The summed E-state index contributed by atoms with van der Waals surface area (Å²) >= 11 is 12.1. The largest absolute Gasteiger partial charge is 0.325 e. The number of nitrogens with zero attached hydrogens (tertiary/aromatic N) is 2. The third-order valence-electron chi connectivity index (χ3n) is 4.57. The van der Waals surface area contributed by atoms with Crippen molar-refractivity contribution in [2.75, 3.05) is 25.0 Å². The minimum atomic E-state index is -3.76. The van der Waals surface area contributed by atoms with Gasteiger partial charge in [-0.25, -0.2) is 0 Å².